The van der Waals surface area contributed by atoms with E-state index in [2.05, 4.69) is 14.9 Å². The van der Waals surface area contributed by atoms with Crippen molar-refractivity contribution in [1.29, 1.82) is 0 Å². The van der Waals surface area contributed by atoms with E-state index in [1.54, 1.807) is 0 Å². The number of fused-ring (bicyclic) bond motifs is 1. The Kier molecular flexibility index (Phi) is 2.77. The number of nitrogens with zero attached hydrogens (tertiary/aromatic N) is 3. The molecule has 3 nitrogen and oxygen atoms in total. The summed E-state index contributed by atoms with van der Waals surface area (Å²) in [5, 5.41) is 0. The highest BCUT2D eigenvalue weighted by atomic mass is 15.3. The predicted octanol–water partition coefficient (Wildman–Crippen LogP) is 2.64. The van der Waals surface area contributed by atoms with E-state index < -0.39 is 0 Å². The van der Waals surface area contributed by atoms with E-state index in [1.165, 1.54) is 38.5 Å². The van der Waals surface area contributed by atoms with Gasteiger partial charge in [0.15, 0.2) is 0 Å². The molecule has 3 rings (SSSR count). The van der Waals surface area contributed by atoms with Crippen LogP contribution in [-0.4, -0.2) is 22.6 Å². The second-order valence-electron chi connectivity index (χ2n) is 5.00. The van der Waals surface area contributed by atoms with Crippen molar-refractivity contribution in [1.82, 2.24) is 9.97 Å². The monoisotopic (exact) mass is 217 g/mol. The Bertz CT molecular complexity index is 336. The molecule has 1 saturated heterocycles. The van der Waals surface area contributed by atoms with Crippen LogP contribution in [0.2, 0.25) is 0 Å². The van der Waals surface area contributed by atoms with Gasteiger partial charge >= 0.3 is 0 Å². The summed E-state index contributed by atoms with van der Waals surface area (Å²) in [6.45, 7) is 1.14. The normalized spacial score (nSPS) is 29.9. The third-order valence-corrected chi connectivity index (χ3v) is 4.05. The first kappa shape index (κ1) is 10.1. The van der Waals surface area contributed by atoms with Crippen LogP contribution in [0.1, 0.15) is 38.5 Å². The van der Waals surface area contributed by atoms with E-state index in [-0.39, 0.29) is 0 Å². The summed E-state index contributed by atoms with van der Waals surface area (Å²) >= 11 is 0. The summed E-state index contributed by atoms with van der Waals surface area (Å²) in [5.41, 5.74) is 0. The van der Waals surface area contributed by atoms with E-state index in [0.717, 1.165) is 18.4 Å². The van der Waals surface area contributed by atoms with Gasteiger partial charge in [-0.2, -0.15) is 0 Å². The summed E-state index contributed by atoms with van der Waals surface area (Å²) in [6.07, 6.45) is 12.0. The van der Waals surface area contributed by atoms with Crippen molar-refractivity contribution in [2.24, 2.45) is 5.92 Å². The summed E-state index contributed by atoms with van der Waals surface area (Å²) in [6, 6.07) is 2.61. The minimum absolute atomic E-state index is 0.713. The smallest absolute Gasteiger partial charge is 0.225 e. The second kappa shape index (κ2) is 4.40. The SMILES string of the molecule is c1cnc(N2CCCC3CCCCC32)nc1. The molecule has 0 radical (unpaired) electrons. The molecule has 2 unspecified atom stereocenters. The first-order chi connectivity index (χ1) is 7.95. The van der Waals surface area contributed by atoms with Crippen molar-refractivity contribution in [3.05, 3.63) is 18.5 Å². The van der Waals surface area contributed by atoms with Crippen LogP contribution in [0.3, 0.4) is 0 Å². The van der Waals surface area contributed by atoms with Gasteiger partial charge in [-0.25, -0.2) is 9.97 Å². The maximum absolute atomic E-state index is 4.41. The highest BCUT2D eigenvalue weighted by molar-refractivity contribution is 5.32. The first-order valence-electron chi connectivity index (χ1n) is 6.49. The van der Waals surface area contributed by atoms with Crippen molar-refractivity contribution < 1.29 is 0 Å². The van der Waals surface area contributed by atoms with Gasteiger partial charge < -0.3 is 4.90 Å². The molecule has 16 heavy (non-hydrogen) atoms. The van der Waals surface area contributed by atoms with Crippen LogP contribution >= 0.6 is 0 Å². The van der Waals surface area contributed by atoms with Gasteiger partial charge in [0, 0.05) is 25.0 Å². The lowest BCUT2D eigenvalue weighted by Gasteiger charge is -2.44. The molecule has 0 bridgehead atoms. The highest BCUT2D eigenvalue weighted by Gasteiger charge is 2.34. The maximum atomic E-state index is 4.41. The maximum Gasteiger partial charge on any atom is 0.225 e. The van der Waals surface area contributed by atoms with Crippen LogP contribution in [-0.2, 0) is 0 Å². The number of rotatable bonds is 1. The van der Waals surface area contributed by atoms with E-state index in [4.69, 9.17) is 0 Å². The zero-order valence-electron chi connectivity index (χ0n) is 9.68. The van der Waals surface area contributed by atoms with Crippen LogP contribution < -0.4 is 4.90 Å². The summed E-state index contributed by atoms with van der Waals surface area (Å²) < 4.78 is 0. The molecule has 0 amide bonds. The Morgan fingerprint density at radius 2 is 1.75 bits per heavy atom. The van der Waals surface area contributed by atoms with Gasteiger partial charge in [0.05, 0.1) is 0 Å². The van der Waals surface area contributed by atoms with Gasteiger partial charge in [-0.3, -0.25) is 0 Å². The largest absolute Gasteiger partial charge is 0.338 e. The lowest BCUT2D eigenvalue weighted by Crippen LogP contribution is -2.47. The molecular weight excluding hydrogens is 198 g/mol. The van der Waals surface area contributed by atoms with E-state index >= 15 is 0 Å². The van der Waals surface area contributed by atoms with Crippen molar-refractivity contribution >= 4 is 5.95 Å². The molecule has 2 fully saturated rings. The number of hydrogen-bond acceptors (Lipinski definition) is 3. The average molecular weight is 217 g/mol. The van der Waals surface area contributed by atoms with Crippen LogP contribution in [0.15, 0.2) is 18.5 Å². The van der Waals surface area contributed by atoms with Gasteiger partial charge in [-0.15, -0.1) is 0 Å². The van der Waals surface area contributed by atoms with Gasteiger partial charge in [-0.05, 0) is 37.7 Å². The molecule has 0 aromatic carbocycles. The highest BCUT2D eigenvalue weighted by Crippen LogP contribution is 2.36. The van der Waals surface area contributed by atoms with Crippen LogP contribution in [0, 0.1) is 5.92 Å². The number of anilines is 1. The predicted molar refractivity (Wildman–Crippen MR) is 64.4 cm³/mol. The van der Waals surface area contributed by atoms with Gasteiger partial charge in [0.2, 0.25) is 5.95 Å². The molecule has 1 aromatic heterocycles. The van der Waals surface area contributed by atoms with E-state index in [0.29, 0.717) is 6.04 Å². The Balaban J connectivity index is 1.83. The van der Waals surface area contributed by atoms with Gasteiger partial charge in [0.1, 0.15) is 0 Å². The van der Waals surface area contributed by atoms with Gasteiger partial charge in [0.25, 0.3) is 0 Å². The standard InChI is InChI=1S/C13H19N3/c1-2-7-12-11(5-1)6-3-10-16(12)13-14-8-4-9-15-13/h4,8-9,11-12H,1-3,5-7,10H2. The lowest BCUT2D eigenvalue weighted by atomic mass is 9.78. The Hall–Kier alpha value is -1.12. The molecule has 1 aliphatic carbocycles. The molecule has 2 heterocycles. The summed E-state index contributed by atoms with van der Waals surface area (Å²) in [4.78, 5) is 11.3. The first-order valence-corrected chi connectivity index (χ1v) is 6.49. The Labute approximate surface area is 96.9 Å². The van der Waals surface area contributed by atoms with Crippen LogP contribution in [0.5, 0.6) is 0 Å². The second-order valence-corrected chi connectivity index (χ2v) is 5.00. The third kappa shape index (κ3) is 1.79. The fourth-order valence-electron chi connectivity index (χ4n) is 3.31. The molecule has 3 heteroatoms. The fourth-order valence-corrected chi connectivity index (χ4v) is 3.31. The number of hydrogen-bond donors (Lipinski definition) is 0. The third-order valence-electron chi connectivity index (χ3n) is 4.05. The molecule has 86 valence electrons. The minimum atomic E-state index is 0.713. The average Bonchev–Trinajstić information content (AvgIpc) is 2.39. The molecule has 0 spiro atoms. The van der Waals surface area contributed by atoms with Crippen molar-refractivity contribution in [2.75, 3.05) is 11.4 Å². The number of piperidine rings is 1. The molecule has 2 aliphatic rings. The molecule has 1 aliphatic heterocycles. The van der Waals surface area contributed by atoms with Crippen molar-refractivity contribution in [3.63, 3.8) is 0 Å². The van der Waals surface area contributed by atoms with Crippen LogP contribution in [0.4, 0.5) is 5.95 Å². The van der Waals surface area contributed by atoms with Crippen molar-refractivity contribution in [3.8, 4) is 0 Å². The summed E-state index contributed by atoms with van der Waals surface area (Å²) in [7, 11) is 0. The zero-order chi connectivity index (χ0) is 10.8. The van der Waals surface area contributed by atoms with Crippen molar-refractivity contribution in [2.45, 2.75) is 44.6 Å². The number of aromatic nitrogens is 2. The van der Waals surface area contributed by atoms with E-state index in [1.807, 2.05) is 18.5 Å². The van der Waals surface area contributed by atoms with Gasteiger partial charge in [-0.1, -0.05) is 12.8 Å². The molecule has 1 saturated carbocycles. The molecule has 1 aromatic rings. The molecular formula is C13H19N3. The zero-order valence-corrected chi connectivity index (χ0v) is 9.68. The molecule has 2 atom stereocenters. The fraction of sp³-hybridized carbons (Fsp3) is 0.692. The Morgan fingerprint density at radius 3 is 2.62 bits per heavy atom. The Morgan fingerprint density at radius 1 is 1.00 bits per heavy atom. The van der Waals surface area contributed by atoms with E-state index in [9.17, 15) is 0 Å². The quantitative estimate of drug-likeness (QED) is 0.724. The van der Waals surface area contributed by atoms with Crippen LogP contribution in [0.25, 0.3) is 0 Å². The topological polar surface area (TPSA) is 29.0 Å². The lowest BCUT2D eigenvalue weighted by molar-refractivity contribution is 0.241. The molecule has 0 N–H and O–H groups in total. The minimum Gasteiger partial charge on any atom is -0.338 e. The summed E-state index contributed by atoms with van der Waals surface area (Å²) in [5.74, 6) is 1.84.